The van der Waals surface area contributed by atoms with Crippen LogP contribution in [0.15, 0.2) is 53.7 Å². The largest absolute Gasteiger partial charge is 0.497 e. The van der Waals surface area contributed by atoms with Gasteiger partial charge in [-0.3, -0.25) is 4.79 Å². The van der Waals surface area contributed by atoms with Crippen molar-refractivity contribution in [3.05, 3.63) is 59.3 Å². The quantitative estimate of drug-likeness (QED) is 0.474. The van der Waals surface area contributed by atoms with E-state index in [1.807, 2.05) is 0 Å². The first-order chi connectivity index (χ1) is 14.1. The van der Waals surface area contributed by atoms with E-state index in [0.717, 1.165) is 0 Å². The SMILES string of the molecule is COc1cc(Nc2nc(-c3cnc(N)nc3)cc3cc[nH]c(=O)c23)cc(OC)c1. The van der Waals surface area contributed by atoms with Crippen LogP contribution in [0, 0.1) is 0 Å². The van der Waals surface area contributed by atoms with Gasteiger partial charge in [0.2, 0.25) is 5.95 Å². The van der Waals surface area contributed by atoms with Crippen LogP contribution in [0.3, 0.4) is 0 Å². The molecule has 9 nitrogen and oxygen atoms in total. The molecule has 9 heteroatoms. The highest BCUT2D eigenvalue weighted by Crippen LogP contribution is 2.31. The Kier molecular flexibility index (Phi) is 4.70. The van der Waals surface area contributed by atoms with Gasteiger partial charge in [0.1, 0.15) is 17.3 Å². The Bertz CT molecular complexity index is 1220. The first kappa shape index (κ1) is 18.2. The number of aromatic nitrogens is 4. The lowest BCUT2D eigenvalue weighted by molar-refractivity contribution is 0.395. The summed E-state index contributed by atoms with van der Waals surface area (Å²) in [5, 5.41) is 4.34. The molecule has 0 amide bonds. The minimum atomic E-state index is -0.257. The molecule has 0 aliphatic heterocycles. The number of nitrogens with zero attached hydrogens (tertiary/aromatic N) is 3. The zero-order valence-corrected chi connectivity index (χ0v) is 15.8. The second-order valence-electron chi connectivity index (χ2n) is 6.18. The Hall–Kier alpha value is -4.14. The number of anilines is 3. The van der Waals surface area contributed by atoms with Crippen LogP contribution in [-0.4, -0.2) is 34.2 Å². The zero-order chi connectivity index (χ0) is 20.4. The zero-order valence-electron chi connectivity index (χ0n) is 15.8. The number of hydrogen-bond donors (Lipinski definition) is 3. The van der Waals surface area contributed by atoms with Gasteiger partial charge in [-0.05, 0) is 17.5 Å². The number of benzene rings is 1. The van der Waals surface area contributed by atoms with Crippen molar-refractivity contribution in [1.29, 1.82) is 0 Å². The molecule has 0 saturated carbocycles. The minimum absolute atomic E-state index is 0.174. The van der Waals surface area contributed by atoms with E-state index in [1.165, 1.54) is 0 Å². The van der Waals surface area contributed by atoms with Gasteiger partial charge >= 0.3 is 0 Å². The molecule has 0 atom stereocenters. The third kappa shape index (κ3) is 3.65. The summed E-state index contributed by atoms with van der Waals surface area (Å²) in [4.78, 5) is 27.9. The summed E-state index contributed by atoms with van der Waals surface area (Å²) in [7, 11) is 3.14. The van der Waals surface area contributed by atoms with Crippen molar-refractivity contribution in [1.82, 2.24) is 19.9 Å². The number of ether oxygens (including phenoxy) is 2. The third-order valence-corrected chi connectivity index (χ3v) is 4.34. The van der Waals surface area contributed by atoms with E-state index in [2.05, 4.69) is 25.3 Å². The maximum atomic E-state index is 12.5. The van der Waals surface area contributed by atoms with Crippen LogP contribution >= 0.6 is 0 Å². The molecular weight excluding hydrogens is 372 g/mol. The highest BCUT2D eigenvalue weighted by Gasteiger charge is 2.13. The number of pyridine rings is 2. The molecule has 3 aromatic heterocycles. The monoisotopic (exact) mass is 390 g/mol. The number of aromatic amines is 1. The molecule has 0 unspecified atom stereocenters. The van der Waals surface area contributed by atoms with Gasteiger partial charge in [-0.15, -0.1) is 0 Å². The summed E-state index contributed by atoms with van der Waals surface area (Å²) >= 11 is 0. The highest BCUT2D eigenvalue weighted by molar-refractivity contribution is 5.95. The fourth-order valence-corrected chi connectivity index (χ4v) is 2.94. The molecule has 1 aromatic carbocycles. The van der Waals surface area contributed by atoms with Gasteiger partial charge in [0.05, 0.1) is 25.3 Å². The van der Waals surface area contributed by atoms with Gasteiger partial charge in [0, 0.05) is 48.0 Å². The molecule has 0 saturated heterocycles. The Morgan fingerprint density at radius 3 is 2.38 bits per heavy atom. The lowest BCUT2D eigenvalue weighted by atomic mass is 10.1. The van der Waals surface area contributed by atoms with E-state index in [1.54, 1.807) is 63.1 Å². The van der Waals surface area contributed by atoms with Crippen LogP contribution in [0.1, 0.15) is 0 Å². The summed E-state index contributed by atoms with van der Waals surface area (Å²) in [6.07, 6.45) is 4.76. The van der Waals surface area contributed by atoms with Gasteiger partial charge in [-0.2, -0.15) is 0 Å². The van der Waals surface area contributed by atoms with Gasteiger partial charge in [-0.1, -0.05) is 0 Å². The standard InChI is InChI=1S/C20H18N6O3/c1-28-14-6-13(7-15(8-14)29-2)25-18-17-11(3-4-22-19(17)27)5-16(26-18)12-9-23-20(21)24-10-12/h3-10H,1-2H3,(H,22,27)(H,25,26)(H2,21,23,24). The maximum absolute atomic E-state index is 12.5. The topological polar surface area (TPSA) is 128 Å². The molecule has 0 aliphatic carbocycles. The fraction of sp³-hybridized carbons (Fsp3) is 0.100. The first-order valence-corrected chi connectivity index (χ1v) is 8.68. The first-order valence-electron chi connectivity index (χ1n) is 8.68. The summed E-state index contributed by atoms with van der Waals surface area (Å²) in [6.45, 7) is 0. The van der Waals surface area contributed by atoms with Crippen LogP contribution in [0.25, 0.3) is 22.0 Å². The van der Waals surface area contributed by atoms with Crippen molar-refractivity contribution < 1.29 is 9.47 Å². The fourth-order valence-electron chi connectivity index (χ4n) is 2.94. The second kappa shape index (κ2) is 7.47. The molecule has 29 heavy (non-hydrogen) atoms. The minimum Gasteiger partial charge on any atom is -0.497 e. The lowest BCUT2D eigenvalue weighted by Gasteiger charge is -2.13. The predicted molar refractivity (Wildman–Crippen MR) is 111 cm³/mol. The van der Waals surface area contributed by atoms with Crippen LogP contribution in [0.2, 0.25) is 0 Å². The number of rotatable bonds is 5. The molecular formula is C20H18N6O3. The molecule has 4 N–H and O–H groups in total. The van der Waals surface area contributed by atoms with Gasteiger partial charge in [-0.25, -0.2) is 15.0 Å². The number of fused-ring (bicyclic) bond motifs is 1. The molecule has 146 valence electrons. The third-order valence-electron chi connectivity index (χ3n) is 4.34. The molecule has 4 aromatic rings. The smallest absolute Gasteiger partial charge is 0.259 e. The van der Waals surface area contributed by atoms with Crippen molar-refractivity contribution in [3.8, 4) is 22.8 Å². The van der Waals surface area contributed by atoms with E-state index >= 15 is 0 Å². The Morgan fingerprint density at radius 2 is 1.72 bits per heavy atom. The Morgan fingerprint density at radius 1 is 1.03 bits per heavy atom. The van der Waals surface area contributed by atoms with E-state index < -0.39 is 0 Å². The number of methoxy groups -OCH3 is 2. The van der Waals surface area contributed by atoms with Gasteiger partial charge in [0.25, 0.3) is 5.56 Å². The van der Waals surface area contributed by atoms with E-state index in [-0.39, 0.29) is 11.5 Å². The molecule has 0 bridgehead atoms. The molecule has 0 radical (unpaired) electrons. The van der Waals surface area contributed by atoms with Crippen molar-refractivity contribution in [2.75, 3.05) is 25.3 Å². The highest BCUT2D eigenvalue weighted by atomic mass is 16.5. The molecule has 4 rings (SSSR count). The lowest BCUT2D eigenvalue weighted by Crippen LogP contribution is -2.09. The van der Waals surface area contributed by atoms with Crippen LogP contribution in [0.4, 0.5) is 17.5 Å². The Labute approximate surface area is 165 Å². The van der Waals surface area contributed by atoms with Crippen LogP contribution in [-0.2, 0) is 0 Å². The molecule has 0 aliphatic rings. The van der Waals surface area contributed by atoms with Gasteiger partial charge in [0.15, 0.2) is 0 Å². The van der Waals surface area contributed by atoms with Gasteiger partial charge < -0.3 is 25.5 Å². The van der Waals surface area contributed by atoms with Crippen molar-refractivity contribution >= 4 is 28.2 Å². The number of H-pyrrole nitrogens is 1. The van der Waals surface area contributed by atoms with E-state index in [0.29, 0.717) is 45.0 Å². The van der Waals surface area contributed by atoms with E-state index in [4.69, 9.17) is 15.2 Å². The number of nitrogen functional groups attached to an aromatic ring is 1. The van der Waals surface area contributed by atoms with Crippen LogP contribution < -0.4 is 26.1 Å². The van der Waals surface area contributed by atoms with Crippen LogP contribution in [0.5, 0.6) is 11.5 Å². The summed E-state index contributed by atoms with van der Waals surface area (Å²) in [5.41, 5.74) is 7.25. The second-order valence-corrected chi connectivity index (χ2v) is 6.18. The summed E-state index contributed by atoms with van der Waals surface area (Å²) in [6, 6.07) is 8.93. The average Bonchev–Trinajstić information content (AvgIpc) is 2.73. The van der Waals surface area contributed by atoms with Crippen molar-refractivity contribution in [2.45, 2.75) is 0 Å². The normalized spacial score (nSPS) is 10.7. The van der Waals surface area contributed by atoms with Crippen molar-refractivity contribution in [2.24, 2.45) is 0 Å². The van der Waals surface area contributed by atoms with E-state index in [9.17, 15) is 4.79 Å². The molecule has 0 spiro atoms. The molecule has 3 heterocycles. The van der Waals surface area contributed by atoms with Crippen molar-refractivity contribution in [3.63, 3.8) is 0 Å². The predicted octanol–water partition coefficient (Wildman–Crippen LogP) is 2.72. The maximum Gasteiger partial charge on any atom is 0.259 e. The number of nitrogens with two attached hydrogens (primary N) is 1. The molecule has 0 fully saturated rings. The Balaban J connectivity index is 1.88. The summed E-state index contributed by atoms with van der Waals surface area (Å²) < 4.78 is 10.6. The number of nitrogens with one attached hydrogen (secondary N) is 2. The summed E-state index contributed by atoms with van der Waals surface area (Å²) in [5.74, 6) is 1.76. The number of hydrogen-bond acceptors (Lipinski definition) is 8. The average molecular weight is 390 g/mol.